The van der Waals surface area contributed by atoms with Crippen LogP contribution < -0.4 is 10.2 Å². The minimum Gasteiger partial charge on any atom is -0.481 e. The Morgan fingerprint density at radius 2 is 2.11 bits per heavy atom. The molecule has 2 N–H and O–H groups in total. The molecule has 3 heterocycles. The normalized spacial score (nSPS) is 21.9. The second-order valence-corrected chi connectivity index (χ2v) is 8.11. The van der Waals surface area contributed by atoms with Gasteiger partial charge in [-0.05, 0) is 46.2 Å². The monoisotopic (exact) mass is 377 g/mol. The fourth-order valence-corrected chi connectivity index (χ4v) is 3.71. The molecule has 1 aromatic rings. The van der Waals surface area contributed by atoms with Crippen molar-refractivity contribution in [3.63, 3.8) is 0 Å². The summed E-state index contributed by atoms with van der Waals surface area (Å²) >= 11 is 0. The molecule has 1 atom stereocenters. The average molecular weight is 377 g/mol. The summed E-state index contributed by atoms with van der Waals surface area (Å²) in [4.78, 5) is 25.4. The fraction of sp³-hybridized carbons (Fsp3) is 0.737. The van der Waals surface area contributed by atoms with Crippen molar-refractivity contribution in [3.05, 3.63) is 11.8 Å². The van der Waals surface area contributed by atoms with Crippen LogP contribution in [-0.4, -0.2) is 78.9 Å². The predicted molar refractivity (Wildman–Crippen MR) is 104 cm³/mol. The smallest absolute Gasteiger partial charge is 0.313 e. The van der Waals surface area contributed by atoms with Crippen molar-refractivity contribution < 1.29 is 14.6 Å². The summed E-state index contributed by atoms with van der Waals surface area (Å²) in [5.74, 6) is 0.958. The number of nitrogens with zero attached hydrogens (tertiary/aromatic N) is 4. The minimum absolute atomic E-state index is 0.564. The van der Waals surface area contributed by atoms with Gasteiger partial charge in [0.15, 0.2) is 0 Å². The van der Waals surface area contributed by atoms with E-state index in [9.17, 15) is 9.90 Å². The lowest BCUT2D eigenvalue weighted by atomic mass is 9.85. The molecule has 0 saturated carbocycles. The van der Waals surface area contributed by atoms with Crippen LogP contribution in [0.25, 0.3) is 0 Å². The van der Waals surface area contributed by atoms with Gasteiger partial charge in [0.05, 0.1) is 18.6 Å². The lowest BCUT2D eigenvalue weighted by molar-refractivity contribution is -0.142. The van der Waals surface area contributed by atoms with Crippen LogP contribution in [0.1, 0.15) is 32.3 Å². The number of carboxylic acid groups (broad SMARTS) is 1. The molecule has 27 heavy (non-hydrogen) atoms. The van der Waals surface area contributed by atoms with Crippen LogP contribution in [0.2, 0.25) is 0 Å². The van der Waals surface area contributed by atoms with E-state index >= 15 is 0 Å². The average Bonchev–Trinajstić information content (AvgIpc) is 2.67. The molecule has 1 unspecified atom stereocenters. The highest BCUT2D eigenvalue weighted by molar-refractivity contribution is 5.82. The Labute approximate surface area is 160 Å². The zero-order valence-corrected chi connectivity index (χ0v) is 16.6. The van der Waals surface area contributed by atoms with Crippen LogP contribution in [0.5, 0.6) is 0 Å². The van der Waals surface area contributed by atoms with Crippen LogP contribution >= 0.6 is 0 Å². The number of morpholine rings is 1. The number of aliphatic carboxylic acids is 1. The SMILES string of the molecule is CN1CCCC(CNc2ncc(C(C)(C)C(=O)O)c(N3CCOCC3)n2)C1. The molecule has 2 saturated heterocycles. The quantitative estimate of drug-likeness (QED) is 0.769. The molecule has 8 heteroatoms. The highest BCUT2D eigenvalue weighted by atomic mass is 16.5. The molecule has 2 aliphatic heterocycles. The summed E-state index contributed by atoms with van der Waals surface area (Å²) in [5, 5.41) is 13.0. The number of anilines is 2. The number of hydrogen-bond acceptors (Lipinski definition) is 7. The second kappa shape index (κ2) is 8.39. The first-order valence-corrected chi connectivity index (χ1v) is 9.74. The zero-order chi connectivity index (χ0) is 19.4. The van der Waals surface area contributed by atoms with Gasteiger partial charge in [0.25, 0.3) is 0 Å². The van der Waals surface area contributed by atoms with Crippen molar-refractivity contribution in [1.29, 1.82) is 0 Å². The molecule has 0 amide bonds. The first-order valence-electron chi connectivity index (χ1n) is 9.74. The number of carboxylic acids is 1. The lowest BCUT2D eigenvalue weighted by Crippen LogP contribution is -2.40. The van der Waals surface area contributed by atoms with E-state index in [2.05, 4.69) is 27.1 Å². The van der Waals surface area contributed by atoms with Crippen LogP contribution in [0.15, 0.2) is 6.20 Å². The molecule has 0 aliphatic carbocycles. The summed E-state index contributed by atoms with van der Waals surface area (Å²) in [7, 11) is 2.15. The van der Waals surface area contributed by atoms with E-state index in [1.807, 2.05) is 0 Å². The lowest BCUT2D eigenvalue weighted by Gasteiger charge is -2.33. The van der Waals surface area contributed by atoms with E-state index in [0.717, 1.165) is 19.6 Å². The highest BCUT2D eigenvalue weighted by Gasteiger charge is 2.35. The number of rotatable bonds is 6. The maximum absolute atomic E-state index is 11.8. The van der Waals surface area contributed by atoms with Gasteiger partial charge >= 0.3 is 5.97 Å². The molecule has 0 radical (unpaired) electrons. The Morgan fingerprint density at radius 1 is 1.37 bits per heavy atom. The Hall–Kier alpha value is -1.93. The molecule has 2 aliphatic rings. The molecule has 8 nitrogen and oxygen atoms in total. The van der Waals surface area contributed by atoms with Crippen LogP contribution in [0, 0.1) is 5.92 Å². The Morgan fingerprint density at radius 3 is 2.78 bits per heavy atom. The van der Waals surface area contributed by atoms with Crippen LogP contribution in [-0.2, 0) is 14.9 Å². The number of likely N-dealkylation sites (tertiary alicyclic amines) is 1. The summed E-state index contributed by atoms with van der Waals surface area (Å²) in [6.07, 6.45) is 4.09. The molecule has 150 valence electrons. The largest absolute Gasteiger partial charge is 0.481 e. The van der Waals surface area contributed by atoms with E-state index in [1.54, 1.807) is 20.0 Å². The number of carbonyl (C=O) groups is 1. The van der Waals surface area contributed by atoms with Crippen molar-refractivity contribution in [3.8, 4) is 0 Å². The number of piperidine rings is 1. The van der Waals surface area contributed by atoms with Gasteiger partial charge < -0.3 is 25.0 Å². The van der Waals surface area contributed by atoms with Gasteiger partial charge in [0.1, 0.15) is 5.82 Å². The third-order valence-corrected chi connectivity index (χ3v) is 5.56. The van der Waals surface area contributed by atoms with Crippen molar-refractivity contribution in [1.82, 2.24) is 14.9 Å². The zero-order valence-electron chi connectivity index (χ0n) is 16.6. The molecule has 0 spiro atoms. The Kier molecular flexibility index (Phi) is 6.16. The van der Waals surface area contributed by atoms with Gasteiger partial charge in [-0.15, -0.1) is 0 Å². The number of aromatic nitrogens is 2. The van der Waals surface area contributed by atoms with Crippen molar-refractivity contribution >= 4 is 17.7 Å². The standard InChI is InChI=1S/C19H31N5O3/c1-19(2,17(25)26)15-12-21-18(20-11-14-5-4-6-23(3)13-14)22-16(15)24-7-9-27-10-8-24/h12,14H,4-11,13H2,1-3H3,(H,25,26)(H,20,21,22). The second-order valence-electron chi connectivity index (χ2n) is 8.11. The van der Waals surface area contributed by atoms with Gasteiger partial charge in [0.2, 0.25) is 5.95 Å². The molecule has 1 aromatic heterocycles. The fourth-order valence-electron chi connectivity index (χ4n) is 3.71. The summed E-state index contributed by atoms with van der Waals surface area (Å²) in [6.45, 7) is 9.10. The highest BCUT2D eigenvalue weighted by Crippen LogP contribution is 2.32. The first kappa shape index (κ1) is 19.8. The number of hydrogen-bond donors (Lipinski definition) is 2. The molecule has 3 rings (SSSR count). The van der Waals surface area contributed by atoms with Crippen molar-refractivity contribution in [2.45, 2.75) is 32.1 Å². The van der Waals surface area contributed by atoms with Gasteiger partial charge in [-0.25, -0.2) is 4.98 Å². The Bertz CT molecular complexity index is 661. The summed E-state index contributed by atoms with van der Waals surface area (Å²) < 4.78 is 5.44. The molecular weight excluding hydrogens is 346 g/mol. The van der Waals surface area contributed by atoms with E-state index in [1.165, 1.54) is 12.8 Å². The van der Waals surface area contributed by atoms with Gasteiger partial charge in [-0.1, -0.05) is 0 Å². The molecule has 2 fully saturated rings. The van der Waals surface area contributed by atoms with E-state index in [4.69, 9.17) is 9.72 Å². The maximum atomic E-state index is 11.8. The van der Waals surface area contributed by atoms with E-state index in [-0.39, 0.29) is 0 Å². The third-order valence-electron chi connectivity index (χ3n) is 5.56. The van der Waals surface area contributed by atoms with Gasteiger partial charge in [-0.2, -0.15) is 4.98 Å². The molecular formula is C19H31N5O3. The first-order chi connectivity index (χ1) is 12.9. The summed E-state index contributed by atoms with van der Waals surface area (Å²) in [6, 6.07) is 0. The van der Waals surface area contributed by atoms with Crippen molar-refractivity contribution in [2.24, 2.45) is 5.92 Å². The summed E-state index contributed by atoms with van der Waals surface area (Å²) in [5.41, 5.74) is -0.419. The molecule has 0 aromatic carbocycles. The van der Waals surface area contributed by atoms with Gasteiger partial charge in [0, 0.05) is 37.9 Å². The number of ether oxygens (including phenoxy) is 1. The van der Waals surface area contributed by atoms with Crippen LogP contribution in [0.4, 0.5) is 11.8 Å². The van der Waals surface area contributed by atoms with E-state index in [0.29, 0.717) is 49.6 Å². The maximum Gasteiger partial charge on any atom is 0.313 e. The Balaban J connectivity index is 1.80. The molecule has 0 bridgehead atoms. The van der Waals surface area contributed by atoms with Crippen molar-refractivity contribution in [2.75, 3.05) is 63.2 Å². The number of nitrogens with one attached hydrogen (secondary N) is 1. The predicted octanol–water partition coefficient (Wildman–Crippen LogP) is 1.43. The van der Waals surface area contributed by atoms with Crippen LogP contribution in [0.3, 0.4) is 0 Å². The van der Waals surface area contributed by atoms with Gasteiger partial charge in [-0.3, -0.25) is 4.79 Å². The topological polar surface area (TPSA) is 90.8 Å². The van der Waals surface area contributed by atoms with E-state index < -0.39 is 11.4 Å². The minimum atomic E-state index is -1.06. The third kappa shape index (κ3) is 4.68.